The van der Waals surface area contributed by atoms with Crippen molar-refractivity contribution in [1.29, 1.82) is 0 Å². The highest BCUT2D eigenvalue weighted by Gasteiger charge is 2.34. The van der Waals surface area contributed by atoms with Crippen molar-refractivity contribution >= 4 is 0 Å². The molecule has 0 amide bonds. The zero-order valence-corrected chi connectivity index (χ0v) is 31.9. The molecule has 6 rings (SSSR count). The largest absolute Gasteiger partial charge is 0.0533 e. The maximum absolute atomic E-state index is 1.61. The Hall–Kier alpha value is 0. The molecule has 272 valence electrons. The first-order valence-electron chi connectivity index (χ1n) is 23.3. The van der Waals surface area contributed by atoms with E-state index < -0.39 is 0 Å². The topological polar surface area (TPSA) is 0 Å². The summed E-state index contributed by atoms with van der Waals surface area (Å²) in [5.41, 5.74) is 0. The lowest BCUT2D eigenvalue weighted by Gasteiger charge is -2.39. The minimum Gasteiger partial charge on any atom is -0.0533 e. The Morgan fingerprint density at radius 1 is 0.106 bits per heavy atom. The van der Waals surface area contributed by atoms with Crippen LogP contribution in [0.4, 0.5) is 0 Å². The van der Waals surface area contributed by atoms with E-state index in [-0.39, 0.29) is 0 Å². The maximum Gasteiger partial charge on any atom is -0.0386 e. The summed E-state index contributed by atoms with van der Waals surface area (Å²) >= 11 is 0. The highest BCUT2D eigenvalue weighted by molar-refractivity contribution is 4.86. The van der Waals surface area contributed by atoms with Crippen molar-refractivity contribution < 1.29 is 0 Å². The number of hydrogen-bond donors (Lipinski definition) is 0. The van der Waals surface area contributed by atoms with E-state index in [4.69, 9.17) is 0 Å². The van der Waals surface area contributed by atoms with Gasteiger partial charge in [-0.3, -0.25) is 0 Å². The molecule has 0 heteroatoms. The van der Waals surface area contributed by atoms with Gasteiger partial charge >= 0.3 is 0 Å². The highest BCUT2D eigenvalue weighted by atomic mass is 14.4. The molecule has 0 aromatic heterocycles. The predicted molar refractivity (Wildman–Crippen MR) is 206 cm³/mol. The van der Waals surface area contributed by atoms with Crippen molar-refractivity contribution in [2.24, 2.45) is 59.2 Å². The summed E-state index contributed by atoms with van der Waals surface area (Å²) in [6, 6.07) is 0. The van der Waals surface area contributed by atoms with Crippen LogP contribution in [0.5, 0.6) is 0 Å². The summed E-state index contributed by atoms with van der Waals surface area (Å²) in [5.74, 6) is 10.8. The molecule has 47 heavy (non-hydrogen) atoms. The van der Waals surface area contributed by atoms with Gasteiger partial charge in [-0.25, -0.2) is 0 Å². The van der Waals surface area contributed by atoms with Crippen LogP contribution in [-0.2, 0) is 0 Å². The lowest BCUT2D eigenvalue weighted by molar-refractivity contribution is 0.121. The molecule has 10 unspecified atom stereocenters. The zero-order chi connectivity index (χ0) is 31.9. The standard InChI is InChI=1S/C47H84/c1-2-6-10-19-39-23-15-29-45-36-37-47-31-17-27-43-33-32-42-21-12-8-4-3-7-11-20-40(42)24-13-25-41(43)26-16-30-46(47)35-34-44(45)28-14-22-38(39)18-9-5-1/h38-47H,1-37H2. The van der Waals surface area contributed by atoms with Crippen molar-refractivity contribution in [3.05, 3.63) is 0 Å². The molecular formula is C47H84. The van der Waals surface area contributed by atoms with Gasteiger partial charge in [0.15, 0.2) is 0 Å². The molecule has 0 nitrogen and oxygen atoms in total. The van der Waals surface area contributed by atoms with Crippen molar-refractivity contribution in [1.82, 2.24) is 0 Å². The Bertz CT molecular complexity index is 807. The Morgan fingerprint density at radius 2 is 0.234 bits per heavy atom. The van der Waals surface area contributed by atoms with Gasteiger partial charge in [0.25, 0.3) is 0 Å². The van der Waals surface area contributed by atoms with Crippen LogP contribution < -0.4 is 0 Å². The molecular weight excluding hydrogens is 565 g/mol. The Morgan fingerprint density at radius 3 is 0.426 bits per heavy atom. The van der Waals surface area contributed by atoms with Crippen LogP contribution in [0, 0.1) is 59.2 Å². The summed E-state index contributed by atoms with van der Waals surface area (Å²) in [5, 5.41) is 0. The Kier molecular flexibility index (Phi) is 16.2. The molecule has 0 radical (unpaired) electrons. The first kappa shape index (κ1) is 36.8. The zero-order valence-electron chi connectivity index (χ0n) is 31.9. The third-order valence-electron chi connectivity index (χ3n) is 16.6. The average molecular weight is 649 g/mol. The van der Waals surface area contributed by atoms with Gasteiger partial charge in [-0.2, -0.15) is 0 Å². The average Bonchev–Trinajstić information content (AvgIpc) is 3.16. The van der Waals surface area contributed by atoms with Crippen molar-refractivity contribution in [2.45, 2.75) is 238 Å². The lowest BCUT2D eigenvalue weighted by Crippen LogP contribution is -2.27. The molecule has 6 aliphatic rings. The second kappa shape index (κ2) is 20.8. The molecule has 6 aliphatic carbocycles. The van der Waals surface area contributed by atoms with E-state index in [1.165, 1.54) is 51.4 Å². The van der Waals surface area contributed by atoms with Crippen LogP contribution in [-0.4, -0.2) is 0 Å². The second-order valence-electron chi connectivity index (χ2n) is 19.4. The Balaban J connectivity index is 1.03. The number of fused-ring (bicyclic) bond motifs is 5. The van der Waals surface area contributed by atoms with E-state index in [1.54, 1.807) is 186 Å². The molecule has 0 aliphatic heterocycles. The summed E-state index contributed by atoms with van der Waals surface area (Å²) < 4.78 is 0. The monoisotopic (exact) mass is 649 g/mol. The van der Waals surface area contributed by atoms with Gasteiger partial charge in [0.2, 0.25) is 0 Å². The first-order chi connectivity index (χ1) is 23.3. The molecule has 6 fully saturated rings. The van der Waals surface area contributed by atoms with Gasteiger partial charge in [-0.05, 0) is 97.7 Å². The van der Waals surface area contributed by atoms with Crippen LogP contribution in [0.2, 0.25) is 0 Å². The van der Waals surface area contributed by atoms with E-state index in [1.807, 2.05) is 0 Å². The molecule has 0 heterocycles. The molecule has 0 aromatic rings. The van der Waals surface area contributed by atoms with Crippen LogP contribution >= 0.6 is 0 Å². The summed E-state index contributed by atoms with van der Waals surface area (Å²) in [4.78, 5) is 0. The second-order valence-corrected chi connectivity index (χ2v) is 19.4. The number of rotatable bonds is 0. The smallest absolute Gasteiger partial charge is 0.0386 e. The fourth-order valence-corrected chi connectivity index (χ4v) is 13.7. The Labute approximate surface area is 295 Å². The quantitative estimate of drug-likeness (QED) is 0.245. The molecule has 0 saturated heterocycles. The minimum absolute atomic E-state index is 1.07. The van der Waals surface area contributed by atoms with E-state index >= 15 is 0 Å². The molecule has 0 spiro atoms. The lowest BCUT2D eigenvalue weighted by atomic mass is 9.66. The van der Waals surface area contributed by atoms with Gasteiger partial charge in [0, 0.05) is 0 Å². The normalized spacial score (nSPS) is 41.9. The van der Waals surface area contributed by atoms with E-state index in [0.717, 1.165) is 59.2 Å². The third kappa shape index (κ3) is 11.8. The van der Waals surface area contributed by atoms with Crippen molar-refractivity contribution in [2.75, 3.05) is 0 Å². The summed E-state index contributed by atoms with van der Waals surface area (Å²) in [6.07, 6.45) is 58.1. The summed E-state index contributed by atoms with van der Waals surface area (Å²) in [7, 11) is 0. The third-order valence-corrected chi connectivity index (χ3v) is 16.6. The van der Waals surface area contributed by atoms with Gasteiger partial charge < -0.3 is 0 Å². The highest BCUT2D eigenvalue weighted by Crippen LogP contribution is 2.47. The predicted octanol–water partition coefficient (Wildman–Crippen LogP) is 15.7. The molecule has 0 N–H and O–H groups in total. The molecule has 6 saturated carbocycles. The SMILES string of the molecule is C1CCCCC2CCCC3CCC4CCCC5CCC6CCCCCCCCC6CCCC5CCCC4CCC3CCCC2CCC1. The van der Waals surface area contributed by atoms with Gasteiger partial charge in [0.05, 0.1) is 0 Å². The minimum atomic E-state index is 1.07. The molecule has 0 aromatic carbocycles. The first-order valence-corrected chi connectivity index (χ1v) is 23.3. The fourth-order valence-electron chi connectivity index (χ4n) is 13.7. The molecule has 0 bridgehead atoms. The van der Waals surface area contributed by atoms with Crippen LogP contribution in [0.3, 0.4) is 0 Å². The van der Waals surface area contributed by atoms with E-state index in [9.17, 15) is 0 Å². The number of hydrogen-bond acceptors (Lipinski definition) is 0. The van der Waals surface area contributed by atoms with E-state index in [2.05, 4.69) is 0 Å². The fraction of sp³-hybridized carbons (Fsp3) is 1.00. The van der Waals surface area contributed by atoms with Gasteiger partial charge in [-0.1, -0.05) is 199 Å². The van der Waals surface area contributed by atoms with Crippen LogP contribution in [0.25, 0.3) is 0 Å². The van der Waals surface area contributed by atoms with Crippen molar-refractivity contribution in [3.8, 4) is 0 Å². The summed E-state index contributed by atoms with van der Waals surface area (Å²) in [6.45, 7) is 0. The van der Waals surface area contributed by atoms with Gasteiger partial charge in [0.1, 0.15) is 0 Å². The van der Waals surface area contributed by atoms with Gasteiger partial charge in [-0.15, -0.1) is 0 Å². The molecule has 10 atom stereocenters. The van der Waals surface area contributed by atoms with Crippen LogP contribution in [0.1, 0.15) is 238 Å². The van der Waals surface area contributed by atoms with E-state index in [0.29, 0.717) is 0 Å². The van der Waals surface area contributed by atoms with Crippen molar-refractivity contribution in [3.63, 3.8) is 0 Å². The van der Waals surface area contributed by atoms with Crippen LogP contribution in [0.15, 0.2) is 0 Å². The maximum atomic E-state index is 1.61.